The molecule has 0 N–H and O–H groups in total. The maximum Gasteiger partial charge on any atom is 0.0627 e. The Kier molecular flexibility index (Phi) is 5.67. The van der Waals surface area contributed by atoms with Crippen LogP contribution in [-0.2, 0) is 9.47 Å². The van der Waals surface area contributed by atoms with E-state index in [-0.39, 0.29) is 11.2 Å². The van der Waals surface area contributed by atoms with Crippen molar-refractivity contribution in [3.05, 3.63) is 0 Å². The van der Waals surface area contributed by atoms with Crippen LogP contribution in [0.5, 0.6) is 0 Å². The van der Waals surface area contributed by atoms with Crippen LogP contribution < -0.4 is 0 Å². The summed E-state index contributed by atoms with van der Waals surface area (Å²) < 4.78 is 12.5. The van der Waals surface area contributed by atoms with Crippen LogP contribution >= 0.6 is 0 Å². The van der Waals surface area contributed by atoms with Crippen LogP contribution in [0.2, 0.25) is 0 Å². The monoisotopic (exact) mass is 256 g/mol. The van der Waals surface area contributed by atoms with Crippen LogP contribution in [0.4, 0.5) is 0 Å². The second-order valence-corrected chi connectivity index (χ2v) is 6.87. The van der Waals surface area contributed by atoms with Crippen molar-refractivity contribution < 1.29 is 9.47 Å². The molecule has 2 heteroatoms. The quantitative estimate of drug-likeness (QED) is 0.685. The van der Waals surface area contributed by atoms with Crippen molar-refractivity contribution in [2.75, 3.05) is 0 Å². The highest BCUT2D eigenvalue weighted by Gasteiger charge is 2.30. The van der Waals surface area contributed by atoms with Gasteiger partial charge in [-0.3, -0.25) is 0 Å². The molecule has 0 aliphatic heterocycles. The second kappa shape index (κ2) is 6.38. The minimum absolute atomic E-state index is 0.00678. The second-order valence-electron chi connectivity index (χ2n) is 6.87. The third-order valence-corrected chi connectivity index (χ3v) is 4.25. The van der Waals surface area contributed by atoms with Gasteiger partial charge in [-0.1, -0.05) is 13.8 Å². The predicted molar refractivity (Wildman–Crippen MR) is 77.0 cm³/mol. The molecule has 1 aliphatic rings. The predicted octanol–water partition coefficient (Wildman–Crippen LogP) is 4.71. The van der Waals surface area contributed by atoms with E-state index < -0.39 is 0 Å². The maximum atomic E-state index is 6.23. The molecule has 2 atom stereocenters. The first-order valence-corrected chi connectivity index (χ1v) is 7.63. The van der Waals surface area contributed by atoms with Gasteiger partial charge in [-0.05, 0) is 66.2 Å². The number of hydrogen-bond donors (Lipinski definition) is 0. The lowest BCUT2D eigenvalue weighted by molar-refractivity contribution is -0.140. The third kappa shape index (κ3) is 5.27. The zero-order valence-corrected chi connectivity index (χ0v) is 13.2. The van der Waals surface area contributed by atoms with E-state index in [1.54, 1.807) is 0 Å². The van der Waals surface area contributed by atoms with E-state index in [2.05, 4.69) is 41.5 Å². The fourth-order valence-electron chi connectivity index (χ4n) is 2.39. The number of rotatable bonds is 6. The summed E-state index contributed by atoms with van der Waals surface area (Å²) in [6, 6.07) is 0. The molecule has 1 saturated carbocycles. The summed E-state index contributed by atoms with van der Waals surface area (Å²) in [4.78, 5) is 0. The van der Waals surface area contributed by atoms with Crippen molar-refractivity contribution >= 4 is 0 Å². The Morgan fingerprint density at radius 3 is 1.56 bits per heavy atom. The van der Waals surface area contributed by atoms with Gasteiger partial charge in [0, 0.05) is 0 Å². The van der Waals surface area contributed by atoms with Crippen LogP contribution in [0.25, 0.3) is 0 Å². The van der Waals surface area contributed by atoms with Gasteiger partial charge in [0.15, 0.2) is 0 Å². The van der Waals surface area contributed by atoms with Gasteiger partial charge in [0.05, 0.1) is 23.4 Å². The first-order valence-electron chi connectivity index (χ1n) is 7.63. The molecule has 1 rings (SSSR count). The van der Waals surface area contributed by atoms with E-state index in [9.17, 15) is 0 Å². The van der Waals surface area contributed by atoms with Crippen molar-refractivity contribution in [3.63, 3.8) is 0 Å². The molecule has 0 amide bonds. The van der Waals surface area contributed by atoms with E-state index in [0.717, 1.165) is 19.3 Å². The first kappa shape index (κ1) is 16.0. The Labute approximate surface area is 113 Å². The maximum absolute atomic E-state index is 6.23. The zero-order chi connectivity index (χ0) is 13.8. The Balaban J connectivity index is 2.46. The zero-order valence-electron chi connectivity index (χ0n) is 13.2. The van der Waals surface area contributed by atoms with Crippen molar-refractivity contribution in [1.29, 1.82) is 0 Å². The molecule has 0 bridgehead atoms. The molecular weight excluding hydrogens is 224 g/mol. The summed E-state index contributed by atoms with van der Waals surface area (Å²) in [5, 5.41) is 0. The molecule has 0 aromatic carbocycles. The van der Waals surface area contributed by atoms with Crippen molar-refractivity contribution in [2.24, 2.45) is 0 Å². The summed E-state index contributed by atoms with van der Waals surface area (Å²) in [5.74, 6) is 0. The largest absolute Gasteiger partial charge is 0.372 e. The minimum atomic E-state index is 0.00678. The van der Waals surface area contributed by atoms with Crippen molar-refractivity contribution in [3.8, 4) is 0 Å². The highest BCUT2D eigenvalue weighted by Crippen LogP contribution is 2.31. The molecule has 0 aromatic heterocycles. The minimum Gasteiger partial charge on any atom is -0.372 e. The van der Waals surface area contributed by atoms with Crippen LogP contribution in [0.15, 0.2) is 0 Å². The highest BCUT2D eigenvalue weighted by molar-refractivity contribution is 4.80. The SMILES string of the molecule is CCC(C)(C)OC1CCCC(OC(C)(C)CC)C1. The summed E-state index contributed by atoms with van der Waals surface area (Å²) in [5.41, 5.74) is 0.0136. The van der Waals surface area contributed by atoms with Gasteiger partial charge >= 0.3 is 0 Å². The molecule has 0 spiro atoms. The summed E-state index contributed by atoms with van der Waals surface area (Å²) in [6.45, 7) is 13.1. The van der Waals surface area contributed by atoms with Crippen LogP contribution in [0, 0.1) is 0 Å². The Morgan fingerprint density at radius 1 is 0.833 bits per heavy atom. The summed E-state index contributed by atoms with van der Waals surface area (Å²) in [7, 11) is 0. The van der Waals surface area contributed by atoms with Gasteiger partial charge in [-0.15, -0.1) is 0 Å². The van der Waals surface area contributed by atoms with Gasteiger partial charge in [0.2, 0.25) is 0 Å². The van der Waals surface area contributed by atoms with Crippen LogP contribution in [-0.4, -0.2) is 23.4 Å². The first-order chi connectivity index (χ1) is 8.28. The molecule has 0 saturated heterocycles. The Bertz CT molecular complexity index is 221. The molecule has 0 heterocycles. The molecule has 108 valence electrons. The molecule has 0 radical (unpaired) electrons. The van der Waals surface area contributed by atoms with E-state index in [4.69, 9.17) is 9.47 Å². The Hall–Kier alpha value is -0.0800. The standard InChI is InChI=1S/C16H32O2/c1-7-15(3,4)17-13-10-9-11-14(12-13)18-16(5,6)8-2/h13-14H,7-12H2,1-6H3. The van der Waals surface area contributed by atoms with E-state index in [0.29, 0.717) is 12.2 Å². The van der Waals surface area contributed by atoms with Crippen LogP contribution in [0.3, 0.4) is 0 Å². The lowest BCUT2D eigenvalue weighted by Crippen LogP contribution is -2.38. The molecule has 0 aromatic rings. The molecule has 1 fully saturated rings. The summed E-state index contributed by atoms with van der Waals surface area (Å²) >= 11 is 0. The molecule has 2 unspecified atom stereocenters. The van der Waals surface area contributed by atoms with E-state index in [1.165, 1.54) is 19.3 Å². The average Bonchev–Trinajstić information content (AvgIpc) is 2.28. The molecule has 18 heavy (non-hydrogen) atoms. The highest BCUT2D eigenvalue weighted by atomic mass is 16.5. The van der Waals surface area contributed by atoms with Crippen molar-refractivity contribution in [1.82, 2.24) is 0 Å². The normalized spacial score (nSPS) is 26.3. The average molecular weight is 256 g/mol. The van der Waals surface area contributed by atoms with Gasteiger partial charge in [-0.25, -0.2) is 0 Å². The van der Waals surface area contributed by atoms with E-state index in [1.807, 2.05) is 0 Å². The lowest BCUT2D eigenvalue weighted by atomic mass is 9.92. The van der Waals surface area contributed by atoms with Gasteiger partial charge < -0.3 is 9.47 Å². The topological polar surface area (TPSA) is 18.5 Å². The fraction of sp³-hybridized carbons (Fsp3) is 1.00. The molecule has 1 aliphatic carbocycles. The fourth-order valence-corrected chi connectivity index (χ4v) is 2.39. The number of hydrogen-bond acceptors (Lipinski definition) is 2. The van der Waals surface area contributed by atoms with Gasteiger partial charge in [0.1, 0.15) is 0 Å². The molecular formula is C16H32O2. The van der Waals surface area contributed by atoms with E-state index >= 15 is 0 Å². The number of ether oxygens (including phenoxy) is 2. The third-order valence-electron chi connectivity index (χ3n) is 4.25. The molecule has 2 nitrogen and oxygen atoms in total. The van der Waals surface area contributed by atoms with Crippen LogP contribution in [0.1, 0.15) is 80.1 Å². The van der Waals surface area contributed by atoms with Gasteiger partial charge in [-0.2, -0.15) is 0 Å². The summed E-state index contributed by atoms with van der Waals surface area (Å²) in [6.07, 6.45) is 7.57. The Morgan fingerprint density at radius 2 is 1.22 bits per heavy atom. The lowest BCUT2D eigenvalue weighted by Gasteiger charge is -2.38. The smallest absolute Gasteiger partial charge is 0.0627 e. The van der Waals surface area contributed by atoms with Crippen molar-refractivity contribution in [2.45, 2.75) is 103 Å². The van der Waals surface area contributed by atoms with Gasteiger partial charge in [0.25, 0.3) is 0 Å².